The molecule has 0 fully saturated rings. The molecule has 0 aromatic carbocycles. The lowest BCUT2D eigenvalue weighted by Gasteiger charge is -2.08. The summed E-state index contributed by atoms with van der Waals surface area (Å²) in [5, 5.41) is 0. The number of alkyl halides is 5. The Morgan fingerprint density at radius 1 is 1.24 bits per heavy atom. The molecule has 1 heterocycles. The minimum absolute atomic E-state index is 0.236. The van der Waals surface area contributed by atoms with E-state index in [9.17, 15) is 30.4 Å². The van der Waals surface area contributed by atoms with Crippen molar-refractivity contribution in [3.05, 3.63) is 18.2 Å². The molecule has 0 aliphatic carbocycles. The van der Waals surface area contributed by atoms with E-state index in [1.54, 1.807) is 7.05 Å². The highest BCUT2D eigenvalue weighted by molar-refractivity contribution is 7.90. The first-order chi connectivity index (χ1) is 9.12. The number of aryl methyl sites for hydroxylation is 1. The maximum absolute atomic E-state index is 12.1. The monoisotopic (exact) mass is 360 g/mol. The van der Waals surface area contributed by atoms with E-state index in [0.29, 0.717) is 3.97 Å². The molecule has 124 valence electrons. The third kappa shape index (κ3) is 4.89. The van der Waals surface area contributed by atoms with Crippen molar-refractivity contribution in [3.8, 4) is 0 Å². The fourth-order valence-electron chi connectivity index (χ4n) is 0.887. The van der Waals surface area contributed by atoms with Crippen LogP contribution in [0.3, 0.4) is 0 Å². The standard InChI is InChI=1S/C6H9F2N2O2S.CHF3O3S/c1-5-9(2)3-4-10(5)13(11,12)6(7)8;2-1(3,4)8(5,6)7/h3-4,6H,1-2H3;(H,5,6,7)/q+1;/p-1. The van der Waals surface area contributed by atoms with Gasteiger partial charge < -0.3 is 4.55 Å². The van der Waals surface area contributed by atoms with Crippen LogP contribution in [0.4, 0.5) is 22.0 Å². The minimum Gasteiger partial charge on any atom is -0.741 e. The minimum atomic E-state index is -6.09. The summed E-state index contributed by atoms with van der Waals surface area (Å²) in [5.74, 6) is -3.15. The van der Waals surface area contributed by atoms with Gasteiger partial charge in [0.15, 0.2) is 10.1 Å². The zero-order valence-electron chi connectivity index (χ0n) is 10.4. The molecule has 1 aromatic rings. The topological polar surface area (TPSA) is 100 Å². The lowest BCUT2D eigenvalue weighted by atomic mass is 10.7. The third-order valence-electron chi connectivity index (χ3n) is 2.04. The van der Waals surface area contributed by atoms with Crippen LogP contribution in [0.25, 0.3) is 0 Å². The van der Waals surface area contributed by atoms with E-state index in [-0.39, 0.29) is 5.82 Å². The van der Waals surface area contributed by atoms with E-state index < -0.39 is 31.4 Å². The van der Waals surface area contributed by atoms with E-state index >= 15 is 0 Å². The molecule has 1 rings (SSSR count). The summed E-state index contributed by atoms with van der Waals surface area (Å²) >= 11 is 0. The largest absolute Gasteiger partial charge is 0.741 e. The summed E-state index contributed by atoms with van der Waals surface area (Å²) < 4.78 is 107. The molecule has 7 nitrogen and oxygen atoms in total. The van der Waals surface area contributed by atoms with Crippen molar-refractivity contribution in [3.63, 3.8) is 0 Å². The van der Waals surface area contributed by atoms with Crippen molar-refractivity contribution in [1.82, 2.24) is 3.97 Å². The summed E-state index contributed by atoms with van der Waals surface area (Å²) in [4.78, 5) is 0. The summed E-state index contributed by atoms with van der Waals surface area (Å²) in [6, 6.07) is 0. The Morgan fingerprint density at radius 2 is 1.62 bits per heavy atom. The molecule has 0 N–H and O–H groups in total. The van der Waals surface area contributed by atoms with Gasteiger partial charge in [-0.05, 0) is 0 Å². The zero-order chi connectivity index (χ0) is 17.2. The number of aromatic nitrogens is 2. The average Bonchev–Trinajstić information content (AvgIpc) is 2.57. The maximum Gasteiger partial charge on any atom is 0.485 e. The van der Waals surface area contributed by atoms with Crippen molar-refractivity contribution in [2.45, 2.75) is 18.2 Å². The van der Waals surface area contributed by atoms with Crippen LogP contribution >= 0.6 is 0 Å². The molecule has 0 amide bonds. The van der Waals surface area contributed by atoms with Crippen LogP contribution in [-0.2, 0) is 27.2 Å². The van der Waals surface area contributed by atoms with Crippen molar-refractivity contribution >= 4 is 20.1 Å². The first-order valence-electron chi connectivity index (χ1n) is 4.70. The first-order valence-corrected chi connectivity index (χ1v) is 7.61. The van der Waals surface area contributed by atoms with E-state index in [1.807, 2.05) is 0 Å². The molecule has 21 heavy (non-hydrogen) atoms. The number of rotatable bonds is 2. The average molecular weight is 360 g/mol. The Kier molecular flexibility index (Phi) is 5.85. The number of halogens is 5. The predicted octanol–water partition coefficient (Wildman–Crippen LogP) is 0.0729. The van der Waals surface area contributed by atoms with Gasteiger partial charge >= 0.3 is 21.3 Å². The predicted molar refractivity (Wildman–Crippen MR) is 56.4 cm³/mol. The highest BCUT2D eigenvalue weighted by Crippen LogP contribution is 2.20. The molecule has 0 unspecified atom stereocenters. The van der Waals surface area contributed by atoms with E-state index in [2.05, 4.69) is 0 Å². The Morgan fingerprint density at radius 3 is 1.81 bits per heavy atom. The summed E-state index contributed by atoms with van der Waals surface area (Å²) in [6.07, 6.45) is 2.49. The van der Waals surface area contributed by atoms with Gasteiger partial charge in [-0.25, -0.2) is 13.0 Å². The SMILES string of the molecule is Cc1n(S(=O)(=O)C(F)F)cc[n+]1C.O=S(=O)([O-])C(F)(F)F. The van der Waals surface area contributed by atoms with Crippen LogP contribution in [0.5, 0.6) is 0 Å². The van der Waals surface area contributed by atoms with Crippen molar-refractivity contribution in [1.29, 1.82) is 0 Å². The number of imidazole rings is 1. The zero-order valence-corrected chi connectivity index (χ0v) is 12.0. The molecule has 0 saturated heterocycles. The van der Waals surface area contributed by atoms with E-state index in [4.69, 9.17) is 13.0 Å². The second kappa shape index (κ2) is 6.23. The van der Waals surface area contributed by atoms with Crippen molar-refractivity contribution in [2.75, 3.05) is 0 Å². The van der Waals surface area contributed by atoms with Crippen LogP contribution in [0.15, 0.2) is 12.4 Å². The Hall–Kier alpha value is -1.28. The van der Waals surface area contributed by atoms with E-state index in [1.165, 1.54) is 17.7 Å². The molecule has 0 aliphatic rings. The quantitative estimate of drug-likeness (QED) is 0.322. The highest BCUT2D eigenvalue weighted by Gasteiger charge is 2.37. The van der Waals surface area contributed by atoms with Crippen LogP contribution in [0, 0.1) is 6.92 Å². The number of hydrogen-bond donors (Lipinski definition) is 0. The summed E-state index contributed by atoms with van der Waals surface area (Å²) in [6.45, 7) is 1.44. The van der Waals surface area contributed by atoms with Gasteiger partial charge in [0.05, 0.1) is 7.05 Å². The van der Waals surface area contributed by atoms with Gasteiger partial charge in [0.25, 0.3) is 5.82 Å². The highest BCUT2D eigenvalue weighted by atomic mass is 32.2. The summed E-state index contributed by atoms with van der Waals surface area (Å²) in [7, 11) is -9.04. The van der Waals surface area contributed by atoms with Crippen molar-refractivity contribution < 1.29 is 47.9 Å². The number of nitrogens with zero attached hydrogens (tertiary/aromatic N) is 2. The van der Waals surface area contributed by atoms with Gasteiger partial charge in [-0.15, -0.1) is 3.97 Å². The van der Waals surface area contributed by atoms with Gasteiger partial charge in [0.2, 0.25) is 0 Å². The Labute approximate surface area is 116 Å². The van der Waals surface area contributed by atoms with Crippen LogP contribution < -0.4 is 4.57 Å². The Bertz CT molecular complexity index is 691. The normalized spacial score (nSPS) is 13.0. The molecule has 0 saturated carbocycles. The van der Waals surface area contributed by atoms with Crippen LogP contribution in [0.1, 0.15) is 5.82 Å². The third-order valence-corrected chi connectivity index (χ3v) is 3.99. The number of hydrogen-bond acceptors (Lipinski definition) is 5. The molecule has 0 spiro atoms. The second-order valence-corrected chi connectivity index (χ2v) is 6.61. The molecule has 1 aromatic heterocycles. The molecule has 0 radical (unpaired) electrons. The van der Waals surface area contributed by atoms with E-state index in [0.717, 1.165) is 6.20 Å². The molecule has 0 atom stereocenters. The van der Waals surface area contributed by atoms with Gasteiger partial charge in [0.1, 0.15) is 12.4 Å². The maximum atomic E-state index is 12.1. The Balaban J connectivity index is 0.000000433. The fraction of sp³-hybridized carbons (Fsp3) is 0.571. The van der Waals surface area contributed by atoms with Crippen molar-refractivity contribution in [2.24, 2.45) is 7.05 Å². The lowest BCUT2D eigenvalue weighted by Crippen LogP contribution is -2.32. The smallest absolute Gasteiger partial charge is 0.485 e. The molecule has 0 bridgehead atoms. The molecule has 14 heteroatoms. The molecular weight excluding hydrogens is 351 g/mol. The fourth-order valence-corrected chi connectivity index (χ4v) is 1.78. The van der Waals surface area contributed by atoms with Gasteiger partial charge in [-0.3, -0.25) is 0 Å². The molecule has 0 aliphatic heterocycles. The second-order valence-electron chi connectivity index (χ2n) is 3.46. The van der Waals surface area contributed by atoms with Crippen LogP contribution in [-0.4, -0.2) is 36.6 Å². The van der Waals surface area contributed by atoms with Gasteiger partial charge in [-0.1, -0.05) is 0 Å². The van der Waals surface area contributed by atoms with Gasteiger partial charge in [-0.2, -0.15) is 30.4 Å². The first kappa shape index (κ1) is 19.7. The van der Waals surface area contributed by atoms with Gasteiger partial charge in [0, 0.05) is 6.92 Å². The lowest BCUT2D eigenvalue weighted by molar-refractivity contribution is -0.676. The molecular formula is C7H9F5N2O5S2. The van der Waals surface area contributed by atoms with Crippen LogP contribution in [0.2, 0.25) is 0 Å². The summed E-state index contributed by atoms with van der Waals surface area (Å²) in [5.41, 5.74) is -5.65.